The highest BCUT2D eigenvalue weighted by Gasteiger charge is 2.23. The van der Waals surface area contributed by atoms with Gasteiger partial charge in [-0.05, 0) is 37.3 Å². The van der Waals surface area contributed by atoms with Crippen LogP contribution in [0.4, 0.5) is 5.69 Å². The van der Waals surface area contributed by atoms with Crippen molar-refractivity contribution in [2.75, 3.05) is 26.0 Å². The van der Waals surface area contributed by atoms with E-state index in [1.54, 1.807) is 31.5 Å². The largest absolute Gasteiger partial charge is 0.492 e. The van der Waals surface area contributed by atoms with E-state index in [-0.39, 0.29) is 23.0 Å². The number of benzene rings is 1. The molecule has 30 heavy (non-hydrogen) atoms. The quantitative estimate of drug-likeness (QED) is 0.571. The Hall–Kier alpha value is -2.82. The molecule has 2 heterocycles. The molecule has 0 aliphatic heterocycles. The number of pyridine rings is 1. The lowest BCUT2D eigenvalue weighted by Crippen LogP contribution is -2.23. The Bertz CT molecular complexity index is 1130. The smallest absolute Gasteiger partial charge is 0.246 e. The van der Waals surface area contributed by atoms with Gasteiger partial charge in [0.25, 0.3) is 0 Å². The molecular weight excluding hydrogens is 424 g/mol. The minimum absolute atomic E-state index is 0.000304. The van der Waals surface area contributed by atoms with Gasteiger partial charge in [-0.15, -0.1) is 11.3 Å². The number of anilines is 1. The van der Waals surface area contributed by atoms with Crippen molar-refractivity contribution in [2.45, 2.75) is 18.2 Å². The molecule has 0 atom stereocenters. The normalized spacial score (nSPS) is 11.5. The predicted octanol–water partition coefficient (Wildman–Crippen LogP) is 3.04. The van der Waals surface area contributed by atoms with Gasteiger partial charge in [-0.2, -0.15) is 0 Å². The summed E-state index contributed by atoms with van der Waals surface area (Å²) >= 11 is 1.43. The molecule has 0 saturated heterocycles. The molecule has 0 radical (unpaired) electrons. The molecule has 3 aromatic rings. The average molecular weight is 447 g/mol. The lowest BCUT2D eigenvalue weighted by atomic mass is 10.2. The van der Waals surface area contributed by atoms with Crippen molar-refractivity contribution in [3.63, 3.8) is 0 Å². The number of rotatable bonds is 8. The Morgan fingerprint density at radius 3 is 2.73 bits per heavy atom. The Labute approximate surface area is 179 Å². The molecule has 2 aromatic heterocycles. The molecular formula is C20H22N4O4S2. The summed E-state index contributed by atoms with van der Waals surface area (Å²) in [4.78, 5) is 21.0. The minimum atomic E-state index is -3.73. The first-order valence-electron chi connectivity index (χ1n) is 9.15. The number of thiazole rings is 1. The average Bonchev–Trinajstić information content (AvgIpc) is 3.18. The Morgan fingerprint density at radius 2 is 2.07 bits per heavy atom. The molecule has 158 valence electrons. The fourth-order valence-electron chi connectivity index (χ4n) is 2.64. The van der Waals surface area contributed by atoms with Crippen molar-refractivity contribution in [1.82, 2.24) is 14.3 Å². The van der Waals surface area contributed by atoms with E-state index >= 15 is 0 Å². The molecule has 10 heteroatoms. The topological polar surface area (TPSA) is 101 Å². The van der Waals surface area contributed by atoms with Crippen LogP contribution < -0.4 is 10.1 Å². The first-order chi connectivity index (χ1) is 14.3. The van der Waals surface area contributed by atoms with Crippen molar-refractivity contribution < 1.29 is 17.9 Å². The highest BCUT2D eigenvalue weighted by molar-refractivity contribution is 7.89. The van der Waals surface area contributed by atoms with E-state index in [0.717, 1.165) is 14.9 Å². The second-order valence-electron chi connectivity index (χ2n) is 6.49. The van der Waals surface area contributed by atoms with E-state index in [1.165, 1.54) is 31.5 Å². The van der Waals surface area contributed by atoms with Gasteiger partial charge in [0.1, 0.15) is 15.7 Å². The highest BCUT2D eigenvalue weighted by atomic mass is 32.2. The Kier molecular flexibility index (Phi) is 6.80. The SMILES string of the molecule is CCOc1ccc(NC(=O)Cc2csc(-c3cccnc3)n2)cc1S(=O)(=O)N(C)C. The Balaban J connectivity index is 1.76. The summed E-state index contributed by atoms with van der Waals surface area (Å²) in [6.07, 6.45) is 3.47. The maximum Gasteiger partial charge on any atom is 0.246 e. The van der Waals surface area contributed by atoms with Gasteiger partial charge in [0, 0.05) is 43.1 Å². The molecule has 0 bridgehead atoms. The zero-order chi connectivity index (χ0) is 21.7. The van der Waals surface area contributed by atoms with Gasteiger partial charge in [-0.1, -0.05) is 0 Å². The second-order valence-corrected chi connectivity index (χ2v) is 9.47. The van der Waals surface area contributed by atoms with Crippen LogP contribution in [-0.4, -0.2) is 49.3 Å². The number of sulfonamides is 1. The summed E-state index contributed by atoms with van der Waals surface area (Å²) in [6, 6.07) is 8.29. The molecule has 1 aromatic carbocycles. The van der Waals surface area contributed by atoms with Crippen LogP contribution in [0, 0.1) is 0 Å². The first kappa shape index (κ1) is 21.9. The molecule has 0 aliphatic rings. The number of nitrogens with one attached hydrogen (secondary N) is 1. The summed E-state index contributed by atoms with van der Waals surface area (Å²) in [6.45, 7) is 2.10. The Morgan fingerprint density at radius 1 is 1.27 bits per heavy atom. The molecule has 1 N–H and O–H groups in total. The monoisotopic (exact) mass is 446 g/mol. The number of hydrogen-bond donors (Lipinski definition) is 1. The van der Waals surface area contributed by atoms with Gasteiger partial charge >= 0.3 is 0 Å². The van der Waals surface area contributed by atoms with Gasteiger partial charge in [-0.3, -0.25) is 9.78 Å². The van der Waals surface area contributed by atoms with E-state index in [9.17, 15) is 13.2 Å². The number of nitrogens with zero attached hydrogens (tertiary/aromatic N) is 3. The van der Waals surface area contributed by atoms with Gasteiger partial charge in [0.2, 0.25) is 15.9 Å². The van der Waals surface area contributed by atoms with E-state index in [4.69, 9.17) is 4.74 Å². The summed E-state index contributed by atoms with van der Waals surface area (Å²) in [5.41, 5.74) is 1.88. The van der Waals surface area contributed by atoms with E-state index in [1.807, 2.05) is 17.5 Å². The summed E-state index contributed by atoms with van der Waals surface area (Å²) in [7, 11) is -0.848. The van der Waals surface area contributed by atoms with Crippen LogP contribution in [0.3, 0.4) is 0 Å². The molecule has 0 unspecified atom stereocenters. The molecule has 1 amide bonds. The summed E-state index contributed by atoms with van der Waals surface area (Å²) in [5.74, 6) is -0.0554. The molecule has 0 spiro atoms. The van der Waals surface area contributed by atoms with Gasteiger partial charge in [0.15, 0.2) is 0 Å². The van der Waals surface area contributed by atoms with Crippen LogP contribution in [0.5, 0.6) is 5.75 Å². The fourth-order valence-corrected chi connectivity index (χ4v) is 4.50. The van der Waals surface area contributed by atoms with Gasteiger partial charge < -0.3 is 10.1 Å². The maximum absolute atomic E-state index is 12.6. The van der Waals surface area contributed by atoms with Crippen LogP contribution in [0.15, 0.2) is 53.0 Å². The number of carbonyl (C=O) groups excluding carboxylic acids is 1. The van der Waals surface area contributed by atoms with Crippen molar-refractivity contribution in [3.05, 3.63) is 53.8 Å². The lowest BCUT2D eigenvalue weighted by molar-refractivity contribution is -0.115. The van der Waals surface area contributed by atoms with E-state index in [0.29, 0.717) is 18.0 Å². The summed E-state index contributed by atoms with van der Waals surface area (Å²) < 4.78 is 31.8. The number of carbonyl (C=O) groups is 1. The van der Waals surface area contributed by atoms with E-state index < -0.39 is 10.0 Å². The minimum Gasteiger partial charge on any atom is -0.492 e. The highest BCUT2D eigenvalue weighted by Crippen LogP contribution is 2.29. The standard InChI is InChI=1S/C20H22N4O4S2/c1-4-28-17-8-7-15(10-18(17)30(26,27)24(2)3)22-19(25)11-16-13-29-20(23-16)14-6-5-9-21-12-14/h5-10,12-13H,4,11H2,1-3H3,(H,22,25). The van der Waals surface area contributed by atoms with Crippen LogP contribution in [-0.2, 0) is 21.2 Å². The molecule has 8 nitrogen and oxygen atoms in total. The van der Waals surface area contributed by atoms with Crippen LogP contribution in [0.25, 0.3) is 10.6 Å². The van der Waals surface area contributed by atoms with Gasteiger partial charge in [-0.25, -0.2) is 17.7 Å². The predicted molar refractivity (Wildman–Crippen MR) is 116 cm³/mol. The third-order valence-corrected chi connectivity index (χ3v) is 6.86. The molecule has 0 saturated carbocycles. The number of ether oxygens (including phenoxy) is 1. The van der Waals surface area contributed by atoms with Crippen molar-refractivity contribution >= 4 is 33.0 Å². The van der Waals surface area contributed by atoms with Gasteiger partial charge in [0.05, 0.1) is 18.7 Å². The third-order valence-electron chi connectivity index (χ3n) is 4.09. The third kappa shape index (κ3) is 5.02. The number of aromatic nitrogens is 2. The van der Waals surface area contributed by atoms with Crippen LogP contribution >= 0.6 is 11.3 Å². The molecule has 0 fully saturated rings. The van der Waals surface area contributed by atoms with Crippen molar-refractivity contribution in [1.29, 1.82) is 0 Å². The van der Waals surface area contributed by atoms with Crippen molar-refractivity contribution in [2.24, 2.45) is 0 Å². The molecule has 0 aliphatic carbocycles. The fraction of sp³-hybridized carbons (Fsp3) is 0.250. The zero-order valence-corrected chi connectivity index (χ0v) is 18.5. The van der Waals surface area contributed by atoms with E-state index in [2.05, 4.69) is 15.3 Å². The number of hydrogen-bond acceptors (Lipinski definition) is 7. The number of amides is 1. The molecule has 3 rings (SSSR count). The van der Waals surface area contributed by atoms with Crippen LogP contribution in [0.2, 0.25) is 0 Å². The first-order valence-corrected chi connectivity index (χ1v) is 11.5. The zero-order valence-electron chi connectivity index (χ0n) is 16.8. The maximum atomic E-state index is 12.6. The second kappa shape index (κ2) is 9.33. The van der Waals surface area contributed by atoms with Crippen LogP contribution in [0.1, 0.15) is 12.6 Å². The summed E-state index contributed by atoms with van der Waals surface area (Å²) in [5, 5.41) is 5.34. The van der Waals surface area contributed by atoms with Crippen molar-refractivity contribution in [3.8, 4) is 16.3 Å². The lowest BCUT2D eigenvalue weighted by Gasteiger charge is -2.16.